The first-order valence-corrected chi connectivity index (χ1v) is 19.5. The molecule has 0 aromatic heterocycles. The number of hydrogen-bond acceptors (Lipinski definition) is 4. The Bertz CT molecular complexity index is 841. The van der Waals surface area contributed by atoms with Crippen LogP contribution in [0.4, 0.5) is 0 Å². The van der Waals surface area contributed by atoms with Crippen molar-refractivity contribution < 1.29 is 9.53 Å². The van der Waals surface area contributed by atoms with Crippen molar-refractivity contribution in [2.45, 2.75) is 119 Å². The second-order valence-corrected chi connectivity index (χ2v) is 18.8. The molecule has 5 heteroatoms. The zero-order chi connectivity index (χ0) is 28.4. The van der Waals surface area contributed by atoms with Gasteiger partial charge in [-0.05, 0) is 76.6 Å². The Kier molecular flexibility index (Phi) is 16.9. The van der Waals surface area contributed by atoms with Crippen molar-refractivity contribution in [1.82, 2.24) is 0 Å². The lowest BCUT2D eigenvalue weighted by Crippen LogP contribution is -2.24. The van der Waals surface area contributed by atoms with Gasteiger partial charge in [0.15, 0.2) is 0 Å². The Morgan fingerprint density at radius 1 is 0.718 bits per heavy atom. The monoisotopic (exact) mass is 589 g/mol. The maximum absolute atomic E-state index is 12.8. The van der Waals surface area contributed by atoms with Crippen LogP contribution < -0.4 is 0 Å². The van der Waals surface area contributed by atoms with E-state index in [1.165, 1.54) is 79.4 Å². The fraction of sp³-hybridized carbons (Fsp3) is 0.618. The van der Waals surface area contributed by atoms with Gasteiger partial charge in [0.25, 0.3) is 0 Å². The molecule has 2 nitrogen and oxygen atoms in total. The van der Waals surface area contributed by atoms with Gasteiger partial charge in [-0.15, -0.1) is 23.5 Å². The van der Waals surface area contributed by atoms with Gasteiger partial charge in [-0.25, -0.2) is 0 Å². The van der Waals surface area contributed by atoms with E-state index < -0.39 is 7.26 Å². The van der Waals surface area contributed by atoms with E-state index >= 15 is 0 Å². The lowest BCUT2D eigenvalue weighted by atomic mass is 10.1. The molecule has 0 saturated heterocycles. The van der Waals surface area contributed by atoms with Crippen molar-refractivity contribution in [3.8, 4) is 0 Å². The summed E-state index contributed by atoms with van der Waals surface area (Å²) >= 11 is 3.93. The van der Waals surface area contributed by atoms with E-state index in [4.69, 9.17) is 4.74 Å². The number of carbonyl (C=O) groups excluding carboxylic acids is 1. The first-order chi connectivity index (χ1) is 18.9. The summed E-state index contributed by atoms with van der Waals surface area (Å²) in [7, 11) is -0.964. The molecule has 2 aromatic rings. The largest absolute Gasteiger partial charge is 0.463 e. The predicted octanol–water partition coefficient (Wildman–Crippen LogP) is 11.2. The smallest absolute Gasteiger partial charge is 0.306 e. The van der Waals surface area contributed by atoms with Crippen LogP contribution in [0.15, 0.2) is 70.5 Å². The van der Waals surface area contributed by atoms with E-state index in [0.717, 1.165) is 12.8 Å². The summed E-state index contributed by atoms with van der Waals surface area (Å²) in [5, 5.41) is 0. The van der Waals surface area contributed by atoms with Crippen LogP contribution >= 0.6 is 30.8 Å². The molecule has 0 N–H and O–H groups in total. The summed E-state index contributed by atoms with van der Waals surface area (Å²) in [4.78, 5) is 15.3. The van der Waals surface area contributed by atoms with Gasteiger partial charge in [-0.1, -0.05) is 76.4 Å². The number of benzene rings is 2. The van der Waals surface area contributed by atoms with Gasteiger partial charge >= 0.3 is 5.97 Å². The topological polar surface area (TPSA) is 26.3 Å². The Morgan fingerprint density at radius 2 is 1.15 bits per heavy atom. The lowest BCUT2D eigenvalue weighted by molar-refractivity contribution is -0.147. The minimum Gasteiger partial charge on any atom is -0.463 e. The Morgan fingerprint density at radius 3 is 1.56 bits per heavy atom. The van der Waals surface area contributed by atoms with Crippen molar-refractivity contribution in [1.29, 1.82) is 0 Å². The molecule has 0 amide bonds. The third-order valence-electron chi connectivity index (χ3n) is 7.32. The van der Waals surface area contributed by atoms with Gasteiger partial charge in [0, 0.05) is 23.5 Å². The first-order valence-electron chi connectivity index (χ1n) is 15.4. The second kappa shape index (κ2) is 19.2. The van der Waals surface area contributed by atoms with Crippen molar-refractivity contribution in [3.63, 3.8) is 0 Å². The molecule has 2 rings (SSSR count). The fourth-order valence-electron chi connectivity index (χ4n) is 5.21. The third-order valence-corrected chi connectivity index (χ3v) is 15.5. The summed E-state index contributed by atoms with van der Waals surface area (Å²) in [6.45, 7) is 10.9. The molecule has 0 radical (unpaired) electrons. The summed E-state index contributed by atoms with van der Waals surface area (Å²) in [5.74, 6) is -0.0765. The molecule has 0 saturated carbocycles. The molecule has 0 atom stereocenters. The van der Waals surface area contributed by atoms with Crippen LogP contribution in [0.25, 0.3) is 0 Å². The highest BCUT2D eigenvalue weighted by Crippen LogP contribution is 2.62. The number of hydrogen-bond donors (Lipinski definition) is 0. The van der Waals surface area contributed by atoms with Crippen LogP contribution in [0.2, 0.25) is 0 Å². The van der Waals surface area contributed by atoms with Crippen LogP contribution in [0.1, 0.15) is 98.8 Å². The van der Waals surface area contributed by atoms with Gasteiger partial charge in [-0.3, -0.25) is 4.79 Å². The quantitative estimate of drug-likeness (QED) is 0.0626. The maximum atomic E-state index is 12.8. The first kappa shape index (κ1) is 34.2. The average molecular weight is 590 g/mol. The molecule has 218 valence electrons. The Hall–Kier alpha value is -0.960. The summed E-state index contributed by atoms with van der Waals surface area (Å²) in [5.41, 5.74) is 0. The van der Waals surface area contributed by atoms with Crippen LogP contribution in [0.3, 0.4) is 0 Å². The lowest BCUT2D eigenvalue weighted by Gasteiger charge is -2.34. The van der Waals surface area contributed by atoms with E-state index in [1.807, 2.05) is 37.4 Å². The number of carbonyl (C=O) groups is 1. The molecule has 39 heavy (non-hydrogen) atoms. The molecular weight excluding hydrogens is 535 g/mol. The van der Waals surface area contributed by atoms with Crippen molar-refractivity contribution in [2.24, 2.45) is 0 Å². The second-order valence-electron chi connectivity index (χ2n) is 11.2. The van der Waals surface area contributed by atoms with Crippen molar-refractivity contribution >= 4 is 36.8 Å². The zero-order valence-electron chi connectivity index (χ0n) is 25.3. The van der Waals surface area contributed by atoms with Crippen LogP contribution in [-0.2, 0) is 9.53 Å². The summed E-state index contributed by atoms with van der Waals surface area (Å²) < 4.78 is 5.47. The Labute approximate surface area is 249 Å². The number of unbranched alkanes of at least 4 members (excludes halogenated alkanes) is 3. The highest BCUT2D eigenvalue weighted by Gasteiger charge is 2.38. The van der Waals surface area contributed by atoms with E-state index in [0.29, 0.717) is 6.42 Å². The number of rotatable bonds is 21. The normalized spacial score (nSPS) is 12.2. The van der Waals surface area contributed by atoms with E-state index in [-0.39, 0.29) is 16.2 Å². The standard InChI is InChI=1S/C34H54O2PS2/c1-6-9-26-37(27-10-7-2,28-11-8-3)29-18-24-34(25-23-33(35)36-30(4)5,38-31-19-14-12-15-20-31)39-32-21-16-13-17-22-32/h12-17,19-22,30H,6-11,18,23-29H2,1-5H3/q+1. The van der Waals surface area contributed by atoms with Crippen LogP contribution in [0, 0.1) is 0 Å². The minimum atomic E-state index is -0.964. The van der Waals surface area contributed by atoms with Crippen molar-refractivity contribution in [3.05, 3.63) is 60.7 Å². The zero-order valence-corrected chi connectivity index (χ0v) is 27.9. The molecule has 0 heterocycles. The van der Waals surface area contributed by atoms with Gasteiger partial charge < -0.3 is 4.74 Å². The average Bonchev–Trinajstić information content (AvgIpc) is 2.93. The van der Waals surface area contributed by atoms with E-state index in [9.17, 15) is 4.79 Å². The van der Waals surface area contributed by atoms with Crippen LogP contribution in [0.5, 0.6) is 0 Å². The molecule has 0 bridgehead atoms. The van der Waals surface area contributed by atoms with Gasteiger partial charge in [0.05, 0.1) is 34.8 Å². The minimum absolute atomic E-state index is 0.0726. The Balaban J connectivity index is 2.35. The number of thioether (sulfide) groups is 2. The highest BCUT2D eigenvalue weighted by atomic mass is 32.2. The molecule has 0 aliphatic heterocycles. The SMILES string of the molecule is CCCC[P+](CCCC)(CCCC)CCCC(CCC(=O)OC(C)C)(Sc1ccccc1)Sc1ccccc1. The van der Waals surface area contributed by atoms with Gasteiger partial charge in [0.1, 0.15) is 0 Å². The van der Waals surface area contributed by atoms with E-state index in [2.05, 4.69) is 81.4 Å². The highest BCUT2D eigenvalue weighted by molar-refractivity contribution is 8.18. The molecule has 0 unspecified atom stereocenters. The van der Waals surface area contributed by atoms with Crippen molar-refractivity contribution in [2.75, 3.05) is 24.6 Å². The molecular formula is C34H54O2PS2+. The number of esters is 1. The predicted molar refractivity (Wildman–Crippen MR) is 178 cm³/mol. The molecule has 2 aromatic carbocycles. The van der Waals surface area contributed by atoms with E-state index in [1.54, 1.807) is 0 Å². The molecule has 0 spiro atoms. The summed E-state index contributed by atoms with van der Waals surface area (Å²) in [6.07, 6.45) is 17.4. The fourth-order valence-corrected chi connectivity index (χ4v) is 13.4. The summed E-state index contributed by atoms with van der Waals surface area (Å²) in [6, 6.07) is 21.6. The molecule has 0 aliphatic carbocycles. The maximum Gasteiger partial charge on any atom is 0.306 e. The number of ether oxygens (including phenoxy) is 1. The van der Waals surface area contributed by atoms with Crippen LogP contribution in [-0.4, -0.2) is 40.8 Å². The third kappa shape index (κ3) is 13.5. The molecule has 0 fully saturated rings. The molecule has 0 aliphatic rings. The van der Waals surface area contributed by atoms with Gasteiger partial charge in [-0.2, -0.15) is 0 Å². The van der Waals surface area contributed by atoms with Gasteiger partial charge in [0.2, 0.25) is 0 Å².